The molecule has 2 unspecified atom stereocenters. The molecule has 2 atom stereocenters. The summed E-state index contributed by atoms with van der Waals surface area (Å²) in [4.78, 5) is 35.4. The Kier molecular flexibility index (Phi) is 41.1. The van der Waals surface area contributed by atoms with Crippen molar-refractivity contribution in [3.8, 4) is 0 Å². The van der Waals surface area contributed by atoms with Crippen molar-refractivity contribution in [3.63, 3.8) is 0 Å². The third-order valence-electron chi connectivity index (χ3n) is 9.63. The van der Waals surface area contributed by atoms with E-state index in [0.717, 1.165) is 83.5 Å². The summed E-state index contributed by atoms with van der Waals surface area (Å²) in [6.45, 7) is 4.23. The van der Waals surface area contributed by atoms with Crippen LogP contribution in [0.25, 0.3) is 0 Å². The average Bonchev–Trinajstić information content (AvgIpc) is 3.23. The molecule has 0 aliphatic heterocycles. The van der Waals surface area contributed by atoms with Crippen LogP contribution in [-0.2, 0) is 32.7 Å². The van der Waals surface area contributed by atoms with Crippen LogP contribution in [0, 0.1) is 0 Å². The van der Waals surface area contributed by atoms with Crippen molar-refractivity contribution in [3.05, 3.63) is 97.2 Å². The lowest BCUT2D eigenvalue weighted by atomic mass is 10.1. The average molecular weight is 887 g/mol. The van der Waals surface area contributed by atoms with E-state index >= 15 is 0 Å². The molecule has 0 rings (SSSR count). The van der Waals surface area contributed by atoms with Gasteiger partial charge >= 0.3 is 19.8 Å². The third-order valence-corrected chi connectivity index (χ3v) is 10.6. The Morgan fingerprint density at radius 2 is 0.919 bits per heavy atom. The molecule has 0 aliphatic carbocycles. The fourth-order valence-electron chi connectivity index (χ4n) is 5.91. The van der Waals surface area contributed by atoms with Crippen molar-refractivity contribution in [1.29, 1.82) is 0 Å². The van der Waals surface area contributed by atoms with Gasteiger partial charge in [0.1, 0.15) is 19.8 Å². The van der Waals surface area contributed by atoms with Crippen molar-refractivity contribution in [2.75, 3.05) is 47.5 Å². The second-order valence-electron chi connectivity index (χ2n) is 16.8. The summed E-state index contributed by atoms with van der Waals surface area (Å²) < 4.78 is 34.3. The molecule has 9 nitrogen and oxygen atoms in total. The summed E-state index contributed by atoms with van der Waals surface area (Å²) >= 11 is 0. The molecular weight excluding hydrogens is 798 g/mol. The fraction of sp³-hybridized carbons (Fsp3) is 0.654. The molecule has 0 aromatic carbocycles. The van der Waals surface area contributed by atoms with Crippen molar-refractivity contribution in [1.82, 2.24) is 0 Å². The van der Waals surface area contributed by atoms with Gasteiger partial charge in [-0.2, -0.15) is 0 Å². The zero-order valence-electron chi connectivity index (χ0n) is 39.8. The van der Waals surface area contributed by atoms with Crippen LogP contribution in [0.1, 0.15) is 168 Å². The molecule has 1 N–H and O–H groups in total. The number of hydrogen-bond donors (Lipinski definition) is 1. The molecule has 0 heterocycles. The van der Waals surface area contributed by atoms with E-state index in [2.05, 4.69) is 111 Å². The minimum absolute atomic E-state index is 0.0186. The molecule has 0 aromatic heterocycles. The quantitative estimate of drug-likeness (QED) is 0.0212. The van der Waals surface area contributed by atoms with Crippen LogP contribution in [0.2, 0.25) is 0 Å². The molecule has 0 spiro atoms. The SMILES string of the molecule is CC/C=C\C/C=C\C/C=C\C/C=C\C/C=C\C/C=C\C/C=C\C/C=C\CCCCC(=O)OC(COC(=O)CCCCCCCCCCCCC)COP(=O)(O)OCC[N+](C)(C)C. The molecular formula is C52H89NO8P+. The van der Waals surface area contributed by atoms with Gasteiger partial charge in [0.2, 0.25) is 0 Å². The number of quaternary nitrogens is 1. The molecule has 0 radical (unpaired) electrons. The normalized spacial score (nSPS) is 14.4. The van der Waals surface area contributed by atoms with Crippen LogP contribution in [0.4, 0.5) is 0 Å². The Balaban J connectivity index is 4.37. The summed E-state index contributed by atoms with van der Waals surface area (Å²) in [5.74, 6) is -0.858. The van der Waals surface area contributed by atoms with Crippen LogP contribution in [0.5, 0.6) is 0 Å². The lowest BCUT2D eigenvalue weighted by Crippen LogP contribution is -2.37. The first kappa shape index (κ1) is 58.9. The molecule has 0 aromatic rings. The second kappa shape index (κ2) is 43.2. The van der Waals surface area contributed by atoms with Gasteiger partial charge in [-0.15, -0.1) is 0 Å². The van der Waals surface area contributed by atoms with Gasteiger partial charge in [0.15, 0.2) is 6.10 Å². The maximum atomic E-state index is 12.7. The van der Waals surface area contributed by atoms with E-state index in [-0.39, 0.29) is 32.0 Å². The summed E-state index contributed by atoms with van der Waals surface area (Å²) in [6.07, 6.45) is 57.5. The highest BCUT2D eigenvalue weighted by atomic mass is 31.2. The Labute approximate surface area is 379 Å². The summed E-state index contributed by atoms with van der Waals surface area (Å²) in [7, 11) is 1.43. The van der Waals surface area contributed by atoms with E-state index in [1.807, 2.05) is 21.1 Å². The zero-order chi connectivity index (χ0) is 45.7. The van der Waals surface area contributed by atoms with Gasteiger partial charge in [0.05, 0.1) is 27.7 Å². The minimum Gasteiger partial charge on any atom is -0.462 e. The van der Waals surface area contributed by atoms with E-state index in [9.17, 15) is 19.0 Å². The first-order chi connectivity index (χ1) is 30.0. The summed E-state index contributed by atoms with van der Waals surface area (Å²) in [5.41, 5.74) is 0. The van der Waals surface area contributed by atoms with E-state index < -0.39 is 26.5 Å². The number of phosphoric ester groups is 1. The summed E-state index contributed by atoms with van der Waals surface area (Å²) in [6, 6.07) is 0. The van der Waals surface area contributed by atoms with Crippen molar-refractivity contribution in [2.45, 2.75) is 174 Å². The van der Waals surface area contributed by atoms with Crippen molar-refractivity contribution >= 4 is 19.8 Å². The predicted octanol–water partition coefficient (Wildman–Crippen LogP) is 14.1. The number of carbonyl (C=O) groups excluding carboxylic acids is 2. The van der Waals surface area contributed by atoms with Crippen LogP contribution < -0.4 is 0 Å². The number of hydrogen-bond acceptors (Lipinski definition) is 7. The van der Waals surface area contributed by atoms with Gasteiger partial charge in [0, 0.05) is 12.8 Å². The molecule has 0 saturated carbocycles. The standard InChI is InChI=1S/C52H88NO8P/c1-6-8-10-12-14-16-18-19-20-21-22-23-24-25-26-27-28-29-30-31-32-33-35-37-39-41-43-45-52(55)61-50(49-60-62(56,57)59-47-46-53(3,4)5)48-58-51(54)44-42-40-38-36-34-17-15-13-11-9-7-2/h8,10,14,16,19-20,22-23,25-26,28-29,31-32,35,37,50H,6-7,9,11-13,15,17-18,21,24,27,30,33-34,36,38-49H2,1-5H3/p+1/b10-8-,16-14-,20-19-,23-22-,26-25-,29-28-,32-31-,37-35-. The Morgan fingerprint density at radius 1 is 0.516 bits per heavy atom. The molecule has 0 bridgehead atoms. The maximum Gasteiger partial charge on any atom is 0.472 e. The van der Waals surface area contributed by atoms with Gasteiger partial charge in [-0.05, 0) is 77.0 Å². The van der Waals surface area contributed by atoms with Crippen LogP contribution >= 0.6 is 7.82 Å². The smallest absolute Gasteiger partial charge is 0.462 e. The highest BCUT2D eigenvalue weighted by Gasteiger charge is 2.27. The molecule has 0 fully saturated rings. The minimum atomic E-state index is -4.39. The predicted molar refractivity (Wildman–Crippen MR) is 261 cm³/mol. The second-order valence-corrected chi connectivity index (χ2v) is 18.2. The largest absolute Gasteiger partial charge is 0.472 e. The Hall–Kier alpha value is -3.07. The lowest BCUT2D eigenvalue weighted by Gasteiger charge is -2.24. The number of nitrogens with zero attached hydrogens (tertiary/aromatic N) is 1. The van der Waals surface area contributed by atoms with Crippen molar-refractivity contribution < 1.29 is 42.1 Å². The van der Waals surface area contributed by atoms with Crippen LogP contribution in [0.3, 0.4) is 0 Å². The van der Waals surface area contributed by atoms with Gasteiger partial charge in [0.25, 0.3) is 0 Å². The first-order valence-electron chi connectivity index (χ1n) is 24.0. The number of ether oxygens (including phenoxy) is 2. The maximum absolute atomic E-state index is 12.7. The molecule has 62 heavy (non-hydrogen) atoms. The third kappa shape index (κ3) is 46.4. The fourth-order valence-corrected chi connectivity index (χ4v) is 6.65. The van der Waals surface area contributed by atoms with Crippen LogP contribution in [0.15, 0.2) is 97.2 Å². The van der Waals surface area contributed by atoms with Crippen LogP contribution in [-0.4, -0.2) is 74.9 Å². The van der Waals surface area contributed by atoms with E-state index in [1.165, 1.54) is 51.4 Å². The first-order valence-corrected chi connectivity index (χ1v) is 25.5. The highest BCUT2D eigenvalue weighted by Crippen LogP contribution is 2.43. The van der Waals surface area contributed by atoms with E-state index in [1.54, 1.807) is 0 Å². The Morgan fingerprint density at radius 3 is 1.37 bits per heavy atom. The van der Waals surface area contributed by atoms with E-state index in [0.29, 0.717) is 17.4 Å². The Bertz CT molecular complexity index is 1370. The topological polar surface area (TPSA) is 108 Å². The van der Waals surface area contributed by atoms with Gasteiger partial charge in [-0.3, -0.25) is 18.6 Å². The monoisotopic (exact) mass is 887 g/mol. The number of rotatable bonds is 42. The van der Waals surface area contributed by atoms with Gasteiger partial charge < -0.3 is 18.9 Å². The molecule has 0 saturated heterocycles. The molecule has 0 aliphatic rings. The highest BCUT2D eigenvalue weighted by molar-refractivity contribution is 7.47. The lowest BCUT2D eigenvalue weighted by molar-refractivity contribution is -0.870. The number of likely N-dealkylation sites (N-methyl/N-ethyl adjacent to an activating group) is 1. The van der Waals surface area contributed by atoms with E-state index in [4.69, 9.17) is 18.5 Å². The number of unbranched alkanes of at least 4 members (excludes halogenated alkanes) is 12. The molecule has 354 valence electrons. The van der Waals surface area contributed by atoms with Gasteiger partial charge in [-0.25, -0.2) is 4.57 Å². The number of phosphoric acid groups is 1. The zero-order valence-corrected chi connectivity index (χ0v) is 40.7. The number of carbonyl (C=O) groups is 2. The molecule has 10 heteroatoms. The number of allylic oxidation sites excluding steroid dienone is 16. The van der Waals surface area contributed by atoms with Gasteiger partial charge in [-0.1, -0.05) is 175 Å². The summed E-state index contributed by atoms with van der Waals surface area (Å²) in [5, 5.41) is 0. The van der Waals surface area contributed by atoms with Crippen molar-refractivity contribution in [2.24, 2.45) is 0 Å². The molecule has 0 amide bonds. The number of esters is 2.